The van der Waals surface area contributed by atoms with Gasteiger partial charge in [0.2, 0.25) is 5.95 Å². The van der Waals surface area contributed by atoms with Crippen molar-refractivity contribution in [2.45, 2.75) is 45.1 Å². The van der Waals surface area contributed by atoms with Crippen LogP contribution in [0.5, 0.6) is 0 Å². The Bertz CT molecular complexity index is 1690. The number of carboxylic acid groups (broad SMARTS) is 1. The van der Waals surface area contributed by atoms with Crippen LogP contribution in [0.3, 0.4) is 0 Å². The van der Waals surface area contributed by atoms with Crippen molar-refractivity contribution < 1.29 is 41.4 Å². The molecule has 2 aliphatic rings. The summed E-state index contributed by atoms with van der Waals surface area (Å²) < 4.78 is 80.3. The summed E-state index contributed by atoms with van der Waals surface area (Å²) in [6, 6.07) is 1.27. The third-order valence-corrected chi connectivity index (χ3v) is 8.37. The van der Waals surface area contributed by atoms with Gasteiger partial charge in [0.15, 0.2) is 5.82 Å². The molecule has 2 aromatic heterocycles. The molecule has 3 aromatic rings. The Balaban J connectivity index is 0.00000167. The third-order valence-electron chi connectivity index (χ3n) is 8.37. The van der Waals surface area contributed by atoms with E-state index in [0.29, 0.717) is 44.8 Å². The van der Waals surface area contributed by atoms with Crippen LogP contribution in [0, 0.1) is 11.6 Å². The first kappa shape index (κ1) is 36.2. The lowest BCUT2D eigenvalue weighted by atomic mass is 10.0. The summed E-state index contributed by atoms with van der Waals surface area (Å²) in [5.74, 6) is -3.14. The van der Waals surface area contributed by atoms with Gasteiger partial charge in [-0.05, 0) is 27.8 Å². The number of likely N-dealkylation sites (N-methyl/N-ethyl adjacent to an activating group) is 1. The number of benzene rings is 1. The fourth-order valence-corrected chi connectivity index (χ4v) is 5.68. The van der Waals surface area contributed by atoms with Crippen LogP contribution in [-0.2, 0) is 22.8 Å². The number of amides is 1. The number of halogens is 5. The van der Waals surface area contributed by atoms with Crippen molar-refractivity contribution in [2.24, 2.45) is 7.05 Å². The quantitative estimate of drug-likeness (QED) is 0.302. The lowest BCUT2D eigenvalue weighted by Crippen LogP contribution is -2.55. The predicted molar refractivity (Wildman–Crippen MR) is 167 cm³/mol. The summed E-state index contributed by atoms with van der Waals surface area (Å²) in [4.78, 5) is 48.0. The molecule has 0 bridgehead atoms. The molecule has 2 fully saturated rings. The molecule has 1 aromatic carbocycles. The van der Waals surface area contributed by atoms with Crippen LogP contribution in [0.25, 0.3) is 11.1 Å². The molecule has 5 rings (SSSR count). The zero-order valence-corrected chi connectivity index (χ0v) is 26.9. The highest BCUT2D eigenvalue weighted by Crippen LogP contribution is 2.40. The van der Waals surface area contributed by atoms with Gasteiger partial charge in [-0.1, -0.05) is 0 Å². The molecule has 4 heterocycles. The monoisotopic (exact) mass is 681 g/mol. The fraction of sp³-hybridized carbons (Fsp3) is 0.452. The van der Waals surface area contributed by atoms with Gasteiger partial charge in [-0.25, -0.2) is 18.7 Å². The second kappa shape index (κ2) is 14.6. The van der Waals surface area contributed by atoms with Crippen LogP contribution >= 0.6 is 0 Å². The van der Waals surface area contributed by atoms with E-state index in [9.17, 15) is 22.8 Å². The number of nitrogens with one attached hydrogen (secondary N) is 1. The van der Waals surface area contributed by atoms with Gasteiger partial charge >= 0.3 is 6.18 Å². The molecule has 2 saturated heterocycles. The second-order valence-electron chi connectivity index (χ2n) is 11.7. The number of ether oxygens (including phenoxy) is 1. The minimum atomic E-state index is -5.05. The summed E-state index contributed by atoms with van der Waals surface area (Å²) in [6.45, 7) is 7.68. The SMILES string of the molecule is C[C@@H]1CN(c2ncc(-c3c(F)cc(N4C[C@@H](C)N(C)[C@@H](C)C4)c(NC(=O)c4cn(C)c(=O)cc4C(F)(F)F)c3F)cn2)CCO1.O=CO. The number of hydrogen-bond donors (Lipinski definition) is 2. The summed E-state index contributed by atoms with van der Waals surface area (Å²) in [5, 5.41) is 9.17. The maximum atomic E-state index is 16.5. The lowest BCUT2D eigenvalue weighted by Gasteiger charge is -2.44. The number of aryl methyl sites for hydroxylation is 1. The largest absolute Gasteiger partial charge is 0.483 e. The first-order valence-corrected chi connectivity index (χ1v) is 14.9. The van der Waals surface area contributed by atoms with Gasteiger partial charge in [0, 0.05) is 81.6 Å². The minimum Gasteiger partial charge on any atom is -0.483 e. The van der Waals surface area contributed by atoms with Crippen molar-refractivity contribution in [3.05, 3.63) is 63.8 Å². The van der Waals surface area contributed by atoms with Crippen molar-refractivity contribution in [1.82, 2.24) is 19.4 Å². The number of anilines is 3. The third kappa shape index (κ3) is 7.73. The van der Waals surface area contributed by atoms with Crippen LogP contribution < -0.4 is 20.7 Å². The van der Waals surface area contributed by atoms with E-state index in [4.69, 9.17) is 14.6 Å². The topological polar surface area (TPSA) is 133 Å². The van der Waals surface area contributed by atoms with Crippen molar-refractivity contribution in [1.29, 1.82) is 0 Å². The fourth-order valence-electron chi connectivity index (χ4n) is 5.68. The molecule has 2 aliphatic heterocycles. The van der Waals surface area contributed by atoms with Crippen LogP contribution in [0.15, 0.2) is 35.5 Å². The number of aromatic nitrogens is 3. The first-order chi connectivity index (χ1) is 22.6. The Kier molecular flexibility index (Phi) is 11.0. The molecule has 0 radical (unpaired) electrons. The van der Waals surface area contributed by atoms with E-state index < -0.39 is 51.7 Å². The molecular formula is C31H36F5N7O5. The molecule has 0 spiro atoms. The van der Waals surface area contributed by atoms with Gasteiger partial charge in [0.1, 0.15) is 11.5 Å². The van der Waals surface area contributed by atoms with Crippen LogP contribution in [0.2, 0.25) is 0 Å². The Morgan fingerprint density at radius 3 is 2.21 bits per heavy atom. The highest BCUT2D eigenvalue weighted by atomic mass is 19.4. The van der Waals surface area contributed by atoms with Crippen molar-refractivity contribution in [3.8, 4) is 11.1 Å². The molecule has 3 atom stereocenters. The number of rotatable bonds is 5. The Labute approximate surface area is 272 Å². The Morgan fingerprint density at radius 1 is 1.04 bits per heavy atom. The smallest absolute Gasteiger partial charge is 0.417 e. The number of pyridine rings is 1. The first-order valence-electron chi connectivity index (χ1n) is 14.9. The van der Waals surface area contributed by atoms with Gasteiger partial charge in [-0.15, -0.1) is 0 Å². The zero-order valence-electron chi connectivity index (χ0n) is 26.9. The normalized spacial score (nSPS) is 20.2. The molecule has 1 amide bonds. The van der Waals surface area contributed by atoms with Gasteiger partial charge in [0.05, 0.1) is 35.1 Å². The Morgan fingerprint density at radius 2 is 1.65 bits per heavy atom. The predicted octanol–water partition coefficient (Wildman–Crippen LogP) is 3.85. The van der Waals surface area contributed by atoms with E-state index in [0.717, 1.165) is 16.8 Å². The summed E-state index contributed by atoms with van der Waals surface area (Å²) in [5.41, 5.74) is -4.48. The highest BCUT2D eigenvalue weighted by molar-refractivity contribution is 6.07. The summed E-state index contributed by atoms with van der Waals surface area (Å²) >= 11 is 0. The maximum Gasteiger partial charge on any atom is 0.417 e. The van der Waals surface area contributed by atoms with E-state index in [1.807, 2.05) is 32.7 Å². The molecule has 48 heavy (non-hydrogen) atoms. The molecule has 17 heteroatoms. The standard InChI is InChI=1S/C30H34F5N7O3.CH2O2/c1-16-12-42(13-17(2)40(16)5)23-9-22(31)25(19-10-36-29(37-11-19)41-6-7-45-18(3)14-41)26(32)27(23)38-28(44)20-15-39(4)24(43)8-21(20)30(33,34)35;2-1-3/h8-11,15-18H,6-7,12-14H2,1-5H3,(H,38,44);1H,(H,2,3)/t16-,17+,18-;/m1./s1. The number of carbonyl (C=O) groups excluding carboxylic acids is 1. The molecule has 0 unspecified atom stereocenters. The van der Waals surface area contributed by atoms with Gasteiger partial charge in [-0.3, -0.25) is 19.3 Å². The highest BCUT2D eigenvalue weighted by Gasteiger charge is 2.37. The Hall–Kier alpha value is -4.64. The molecule has 12 nitrogen and oxygen atoms in total. The van der Waals surface area contributed by atoms with Crippen molar-refractivity contribution >= 4 is 29.7 Å². The van der Waals surface area contributed by atoms with Gasteiger partial charge in [0.25, 0.3) is 17.9 Å². The number of alkyl halides is 3. The zero-order chi connectivity index (χ0) is 35.5. The van der Waals surface area contributed by atoms with E-state index in [1.54, 1.807) is 4.90 Å². The van der Waals surface area contributed by atoms with Crippen LogP contribution in [-0.4, -0.2) is 94.9 Å². The summed E-state index contributed by atoms with van der Waals surface area (Å²) in [7, 11) is 3.11. The minimum absolute atomic E-state index is 0.0321. The van der Waals surface area contributed by atoms with E-state index in [2.05, 4.69) is 20.2 Å². The van der Waals surface area contributed by atoms with Gasteiger partial charge < -0.3 is 29.5 Å². The lowest BCUT2D eigenvalue weighted by molar-refractivity contribution is -0.138. The van der Waals surface area contributed by atoms with E-state index in [1.165, 1.54) is 19.4 Å². The molecule has 2 N–H and O–H groups in total. The second-order valence-corrected chi connectivity index (χ2v) is 11.7. The van der Waals surface area contributed by atoms with E-state index >= 15 is 8.78 Å². The number of morpholine rings is 1. The van der Waals surface area contributed by atoms with Crippen LogP contribution in [0.1, 0.15) is 36.7 Å². The number of nitrogens with zero attached hydrogens (tertiary/aromatic N) is 6. The summed E-state index contributed by atoms with van der Waals surface area (Å²) in [6.07, 6.45) is -1.86. The number of hydrogen-bond acceptors (Lipinski definition) is 9. The number of carbonyl (C=O) groups is 2. The molecular weight excluding hydrogens is 645 g/mol. The number of piperazine rings is 1. The molecule has 260 valence electrons. The van der Waals surface area contributed by atoms with Crippen molar-refractivity contribution in [3.63, 3.8) is 0 Å². The van der Waals surface area contributed by atoms with Crippen LogP contribution in [0.4, 0.5) is 39.3 Å². The van der Waals surface area contributed by atoms with E-state index in [-0.39, 0.29) is 35.9 Å². The molecule has 0 aliphatic carbocycles. The average molecular weight is 682 g/mol. The van der Waals surface area contributed by atoms with Crippen molar-refractivity contribution in [2.75, 3.05) is 55.0 Å². The maximum absolute atomic E-state index is 16.5. The molecule has 0 saturated carbocycles. The average Bonchev–Trinajstić information content (AvgIpc) is 3.02. The van der Waals surface area contributed by atoms with Gasteiger partial charge in [-0.2, -0.15) is 13.2 Å².